The molecular formula is C24H27N3O3. The summed E-state index contributed by atoms with van der Waals surface area (Å²) in [5.41, 5.74) is 2.81. The van der Waals surface area contributed by atoms with Crippen LogP contribution in [0.25, 0.3) is 0 Å². The Morgan fingerprint density at radius 3 is 2.47 bits per heavy atom. The molecule has 1 amide bonds. The molecule has 1 aromatic carbocycles. The quantitative estimate of drug-likeness (QED) is 0.564. The fourth-order valence-electron chi connectivity index (χ4n) is 3.77. The van der Waals surface area contributed by atoms with E-state index in [-0.39, 0.29) is 11.7 Å². The number of likely N-dealkylation sites (tertiary alicyclic amines) is 1. The predicted octanol–water partition coefficient (Wildman–Crippen LogP) is 4.24. The Balaban J connectivity index is 1.58. The molecule has 4 rings (SSSR count). The first-order valence-corrected chi connectivity index (χ1v) is 10.3. The highest BCUT2D eigenvalue weighted by atomic mass is 16.5. The lowest BCUT2D eigenvalue weighted by Crippen LogP contribution is -2.31. The van der Waals surface area contributed by atoms with E-state index in [2.05, 4.69) is 16.5 Å². The van der Waals surface area contributed by atoms with Gasteiger partial charge in [-0.15, -0.1) is 0 Å². The number of fused-ring (bicyclic) bond motifs is 1. The summed E-state index contributed by atoms with van der Waals surface area (Å²) < 4.78 is 5.81. The molecule has 0 N–H and O–H groups in total. The van der Waals surface area contributed by atoms with Crippen LogP contribution in [0, 0.1) is 5.41 Å². The Morgan fingerprint density at radius 1 is 1.10 bits per heavy atom. The Kier molecular flexibility index (Phi) is 5.10. The SMILES string of the molecule is C=C1CCN(C(=O)c2cnc3c(c2)OCCN3c2ccc(C(=O)C(C)(C)C)cc2)C1. The molecule has 0 bridgehead atoms. The van der Waals surface area contributed by atoms with Crippen LogP contribution >= 0.6 is 0 Å². The van der Waals surface area contributed by atoms with Gasteiger partial charge in [-0.25, -0.2) is 4.98 Å². The molecule has 0 radical (unpaired) electrons. The molecule has 1 fully saturated rings. The standard InChI is InChI=1S/C24H27N3O3/c1-16-9-10-26(15-16)23(29)18-13-20-22(25-14-18)27(11-12-30-20)19-7-5-17(6-8-19)21(28)24(2,3)4/h5-8,13-14H,1,9-12,15H2,2-4H3. The van der Waals surface area contributed by atoms with Gasteiger partial charge < -0.3 is 14.5 Å². The van der Waals surface area contributed by atoms with Crippen LogP contribution in [0.2, 0.25) is 0 Å². The van der Waals surface area contributed by atoms with Crippen molar-refractivity contribution in [2.24, 2.45) is 5.41 Å². The Morgan fingerprint density at radius 2 is 1.83 bits per heavy atom. The Bertz CT molecular complexity index is 1010. The van der Waals surface area contributed by atoms with E-state index in [1.54, 1.807) is 17.2 Å². The second-order valence-corrected chi connectivity index (χ2v) is 8.90. The van der Waals surface area contributed by atoms with Crippen molar-refractivity contribution < 1.29 is 14.3 Å². The van der Waals surface area contributed by atoms with Gasteiger partial charge in [0.25, 0.3) is 5.91 Å². The van der Waals surface area contributed by atoms with Crippen LogP contribution in [0.1, 0.15) is 47.9 Å². The highest BCUT2D eigenvalue weighted by Crippen LogP contribution is 2.36. The number of aromatic nitrogens is 1. The van der Waals surface area contributed by atoms with Gasteiger partial charge in [-0.1, -0.05) is 32.9 Å². The number of hydrogen-bond acceptors (Lipinski definition) is 5. The van der Waals surface area contributed by atoms with Crippen LogP contribution in [-0.2, 0) is 0 Å². The molecule has 0 unspecified atom stereocenters. The van der Waals surface area contributed by atoms with Gasteiger partial charge in [-0.05, 0) is 36.8 Å². The summed E-state index contributed by atoms with van der Waals surface area (Å²) in [6.45, 7) is 12.2. The summed E-state index contributed by atoms with van der Waals surface area (Å²) in [7, 11) is 0. The van der Waals surface area contributed by atoms with Crippen molar-refractivity contribution in [2.75, 3.05) is 31.1 Å². The van der Waals surface area contributed by atoms with E-state index >= 15 is 0 Å². The molecule has 2 aliphatic heterocycles. The third-order valence-corrected chi connectivity index (χ3v) is 5.47. The van der Waals surface area contributed by atoms with Gasteiger partial charge in [0, 0.05) is 36.0 Å². The van der Waals surface area contributed by atoms with Gasteiger partial charge in [0.2, 0.25) is 0 Å². The minimum absolute atomic E-state index is 0.0466. The number of ether oxygens (including phenoxy) is 1. The average Bonchev–Trinajstić information content (AvgIpc) is 3.17. The van der Waals surface area contributed by atoms with Crippen molar-refractivity contribution in [1.82, 2.24) is 9.88 Å². The number of anilines is 2. The van der Waals surface area contributed by atoms with E-state index in [4.69, 9.17) is 4.74 Å². The first kappa shape index (κ1) is 20.1. The second kappa shape index (κ2) is 7.59. The highest BCUT2D eigenvalue weighted by molar-refractivity contribution is 6.00. The zero-order valence-corrected chi connectivity index (χ0v) is 17.8. The van der Waals surface area contributed by atoms with Gasteiger partial charge >= 0.3 is 0 Å². The van der Waals surface area contributed by atoms with E-state index in [1.807, 2.05) is 45.0 Å². The topological polar surface area (TPSA) is 62.7 Å². The van der Waals surface area contributed by atoms with Crippen LogP contribution in [0.15, 0.2) is 48.7 Å². The molecular weight excluding hydrogens is 378 g/mol. The summed E-state index contributed by atoms with van der Waals surface area (Å²) in [5.74, 6) is 1.34. The van der Waals surface area contributed by atoms with Crippen LogP contribution < -0.4 is 9.64 Å². The van der Waals surface area contributed by atoms with Gasteiger partial charge in [0.1, 0.15) is 6.61 Å². The lowest BCUT2D eigenvalue weighted by Gasteiger charge is -2.30. The number of rotatable bonds is 3. The number of benzene rings is 1. The number of hydrogen-bond donors (Lipinski definition) is 0. The number of nitrogens with zero attached hydrogens (tertiary/aromatic N) is 3. The maximum Gasteiger partial charge on any atom is 0.255 e. The van der Waals surface area contributed by atoms with Crippen molar-refractivity contribution in [3.05, 3.63) is 59.8 Å². The minimum atomic E-state index is -0.417. The lowest BCUT2D eigenvalue weighted by molar-refractivity contribution is 0.0794. The number of Topliss-reactive ketones (excluding diaryl/α,β-unsaturated/α-hetero) is 1. The first-order valence-electron chi connectivity index (χ1n) is 10.3. The molecule has 1 aromatic heterocycles. The number of carbonyl (C=O) groups is 2. The maximum absolute atomic E-state index is 12.8. The van der Waals surface area contributed by atoms with Crippen molar-refractivity contribution >= 4 is 23.2 Å². The fraction of sp³-hybridized carbons (Fsp3) is 0.375. The predicted molar refractivity (Wildman–Crippen MR) is 117 cm³/mol. The fourth-order valence-corrected chi connectivity index (χ4v) is 3.77. The van der Waals surface area contributed by atoms with Crippen molar-refractivity contribution in [2.45, 2.75) is 27.2 Å². The third kappa shape index (κ3) is 3.82. The normalized spacial score (nSPS) is 16.3. The van der Waals surface area contributed by atoms with Crippen molar-refractivity contribution in [3.63, 3.8) is 0 Å². The van der Waals surface area contributed by atoms with E-state index in [9.17, 15) is 9.59 Å². The lowest BCUT2D eigenvalue weighted by atomic mass is 9.86. The highest BCUT2D eigenvalue weighted by Gasteiger charge is 2.27. The summed E-state index contributed by atoms with van der Waals surface area (Å²) in [4.78, 5) is 33.6. The summed E-state index contributed by atoms with van der Waals surface area (Å²) in [6.07, 6.45) is 2.46. The zero-order chi connectivity index (χ0) is 21.5. The first-order chi connectivity index (χ1) is 14.2. The zero-order valence-electron chi connectivity index (χ0n) is 17.8. The maximum atomic E-state index is 12.8. The summed E-state index contributed by atoms with van der Waals surface area (Å²) >= 11 is 0. The number of pyridine rings is 1. The van der Waals surface area contributed by atoms with Crippen LogP contribution in [0.5, 0.6) is 5.75 Å². The summed E-state index contributed by atoms with van der Waals surface area (Å²) in [6, 6.07) is 9.36. The van der Waals surface area contributed by atoms with Gasteiger partial charge in [0.05, 0.1) is 12.1 Å². The summed E-state index contributed by atoms with van der Waals surface area (Å²) in [5, 5.41) is 0. The largest absolute Gasteiger partial charge is 0.488 e. The molecule has 2 aliphatic rings. The van der Waals surface area contributed by atoms with Crippen LogP contribution in [0.4, 0.5) is 11.5 Å². The van der Waals surface area contributed by atoms with Crippen LogP contribution in [-0.4, -0.2) is 47.8 Å². The molecule has 1 saturated heterocycles. The molecule has 30 heavy (non-hydrogen) atoms. The number of carbonyl (C=O) groups excluding carboxylic acids is 2. The molecule has 0 atom stereocenters. The molecule has 2 aromatic rings. The van der Waals surface area contributed by atoms with Crippen LogP contribution in [0.3, 0.4) is 0 Å². The van der Waals surface area contributed by atoms with Crippen molar-refractivity contribution in [3.8, 4) is 5.75 Å². The Hall–Kier alpha value is -3.15. The molecule has 6 heteroatoms. The smallest absolute Gasteiger partial charge is 0.255 e. The molecule has 0 spiro atoms. The van der Waals surface area contributed by atoms with E-state index in [0.29, 0.717) is 48.9 Å². The average molecular weight is 405 g/mol. The molecule has 0 aliphatic carbocycles. The Labute approximate surface area is 177 Å². The van der Waals surface area contributed by atoms with Gasteiger partial charge in [-0.3, -0.25) is 9.59 Å². The van der Waals surface area contributed by atoms with Gasteiger partial charge in [-0.2, -0.15) is 0 Å². The molecule has 6 nitrogen and oxygen atoms in total. The van der Waals surface area contributed by atoms with Gasteiger partial charge in [0.15, 0.2) is 17.4 Å². The number of amides is 1. The minimum Gasteiger partial charge on any atom is -0.488 e. The van der Waals surface area contributed by atoms with Crippen molar-refractivity contribution in [1.29, 1.82) is 0 Å². The van der Waals surface area contributed by atoms with E-state index in [1.165, 1.54) is 0 Å². The molecule has 156 valence electrons. The monoisotopic (exact) mass is 405 g/mol. The van der Waals surface area contributed by atoms with E-state index in [0.717, 1.165) is 17.7 Å². The number of ketones is 1. The van der Waals surface area contributed by atoms with E-state index < -0.39 is 5.41 Å². The third-order valence-electron chi connectivity index (χ3n) is 5.47. The second-order valence-electron chi connectivity index (χ2n) is 8.90. The molecule has 0 saturated carbocycles. The molecule has 3 heterocycles.